The smallest absolute Gasteiger partial charge is 0.316 e. The number of nitrogens with zero attached hydrogens (tertiary/aromatic N) is 4. The Labute approximate surface area is 208 Å². The van der Waals surface area contributed by atoms with Gasteiger partial charge in [-0.2, -0.15) is 5.26 Å². The second kappa shape index (κ2) is 8.45. The van der Waals surface area contributed by atoms with Crippen LogP contribution in [-0.2, 0) is 10.2 Å². The first-order chi connectivity index (χ1) is 17.5. The molecule has 0 atom stereocenters. The molecule has 2 heterocycles. The minimum Gasteiger partial charge on any atom is -0.481 e. The summed E-state index contributed by atoms with van der Waals surface area (Å²) in [6, 6.07) is 16.1. The number of carboxylic acid groups (broad SMARTS) is 1. The molecule has 1 aliphatic heterocycles. The summed E-state index contributed by atoms with van der Waals surface area (Å²) in [6.07, 6.45) is 8.50. The maximum atomic E-state index is 11.7. The maximum absolute atomic E-state index is 11.7. The molecule has 8 nitrogen and oxygen atoms in total. The van der Waals surface area contributed by atoms with Crippen molar-refractivity contribution in [3.63, 3.8) is 0 Å². The fourth-order valence-electron chi connectivity index (χ4n) is 5.32. The van der Waals surface area contributed by atoms with Crippen molar-refractivity contribution in [2.45, 2.75) is 43.9 Å². The van der Waals surface area contributed by atoms with Gasteiger partial charge in [-0.1, -0.05) is 25.0 Å². The summed E-state index contributed by atoms with van der Waals surface area (Å²) in [6.45, 7) is 0.0924. The summed E-state index contributed by atoms with van der Waals surface area (Å²) in [4.78, 5) is 25.1. The van der Waals surface area contributed by atoms with E-state index in [9.17, 15) is 15.2 Å². The number of hydrogen-bond donors (Lipinski definition) is 2. The van der Waals surface area contributed by atoms with Crippen molar-refractivity contribution >= 4 is 23.2 Å². The van der Waals surface area contributed by atoms with Gasteiger partial charge in [-0.05, 0) is 67.1 Å². The van der Waals surface area contributed by atoms with Gasteiger partial charge in [0.05, 0.1) is 22.7 Å². The van der Waals surface area contributed by atoms with Crippen LogP contribution in [0.5, 0.6) is 6.01 Å². The first kappa shape index (κ1) is 22.2. The number of carboxylic acids is 1. The monoisotopic (exact) mass is 479 g/mol. The van der Waals surface area contributed by atoms with Gasteiger partial charge < -0.3 is 15.2 Å². The first-order valence-corrected chi connectivity index (χ1v) is 12.2. The van der Waals surface area contributed by atoms with Gasteiger partial charge >= 0.3 is 12.0 Å². The van der Waals surface area contributed by atoms with Crippen LogP contribution >= 0.6 is 0 Å². The molecule has 2 aliphatic carbocycles. The Morgan fingerprint density at radius 1 is 1.03 bits per heavy atom. The molecule has 36 heavy (non-hydrogen) atoms. The summed E-state index contributed by atoms with van der Waals surface area (Å²) >= 11 is 0. The quantitative estimate of drug-likeness (QED) is 0.497. The Balaban J connectivity index is 1.12. The molecule has 2 saturated carbocycles. The number of ether oxygens (including phenoxy) is 1. The fraction of sp³-hybridized carbons (Fsp3) is 0.321. The van der Waals surface area contributed by atoms with E-state index in [0.717, 1.165) is 59.6 Å². The Hall–Kier alpha value is -4.25. The zero-order valence-corrected chi connectivity index (χ0v) is 19.7. The van der Waals surface area contributed by atoms with Gasteiger partial charge in [0, 0.05) is 23.6 Å². The maximum Gasteiger partial charge on any atom is 0.316 e. The first-order valence-electron chi connectivity index (χ1n) is 12.2. The molecular weight excluding hydrogens is 454 g/mol. The van der Waals surface area contributed by atoms with Crippen LogP contribution in [0.1, 0.15) is 49.7 Å². The number of fused-ring (bicyclic) bond motifs is 2. The normalized spacial score (nSPS) is 18.2. The van der Waals surface area contributed by atoms with E-state index in [4.69, 9.17) is 9.73 Å². The molecule has 1 spiro atoms. The van der Waals surface area contributed by atoms with Crippen LogP contribution in [0, 0.1) is 16.7 Å². The Morgan fingerprint density at radius 3 is 2.39 bits per heavy atom. The fourth-order valence-corrected chi connectivity index (χ4v) is 5.32. The van der Waals surface area contributed by atoms with Gasteiger partial charge in [-0.25, -0.2) is 15.0 Å². The lowest BCUT2D eigenvalue weighted by atomic mass is 9.87. The van der Waals surface area contributed by atoms with Crippen molar-refractivity contribution in [1.29, 1.82) is 5.26 Å². The van der Waals surface area contributed by atoms with E-state index < -0.39 is 11.4 Å². The molecule has 2 fully saturated rings. The van der Waals surface area contributed by atoms with Gasteiger partial charge in [-0.3, -0.25) is 4.79 Å². The third kappa shape index (κ3) is 3.77. The van der Waals surface area contributed by atoms with Crippen molar-refractivity contribution in [2.24, 2.45) is 10.4 Å². The molecule has 0 unspecified atom stereocenters. The van der Waals surface area contributed by atoms with Crippen molar-refractivity contribution < 1.29 is 14.6 Å². The van der Waals surface area contributed by atoms with Gasteiger partial charge in [0.1, 0.15) is 17.9 Å². The highest BCUT2D eigenvalue weighted by atomic mass is 16.5. The lowest BCUT2D eigenvalue weighted by Gasteiger charge is -2.22. The van der Waals surface area contributed by atoms with Crippen LogP contribution in [0.15, 0.2) is 59.9 Å². The topological polar surface area (TPSA) is 120 Å². The number of nitrogens with one attached hydrogen (secondary N) is 1. The molecule has 180 valence electrons. The standard InChI is InChI=1S/C28H25N5O3/c29-14-18-3-8-23-22(13-18)28(11-12-28)24(33-23)32-21-6-4-19(5-7-21)20-15-30-26(31-16-20)36-17-27(25(34)35)9-1-2-10-27/h3-8,13,15-16H,1-2,9-12,17H2,(H,32,33)(H,34,35). The van der Waals surface area contributed by atoms with Gasteiger partial charge in [-0.15, -0.1) is 0 Å². The number of carbonyl (C=O) groups is 1. The van der Waals surface area contributed by atoms with E-state index in [-0.39, 0.29) is 18.0 Å². The van der Waals surface area contributed by atoms with Crippen LogP contribution in [0.25, 0.3) is 11.1 Å². The molecule has 3 aromatic rings. The Bertz CT molecular complexity index is 1400. The largest absolute Gasteiger partial charge is 0.481 e. The number of hydrogen-bond acceptors (Lipinski definition) is 7. The van der Waals surface area contributed by atoms with E-state index in [1.807, 2.05) is 42.5 Å². The van der Waals surface area contributed by atoms with E-state index in [1.54, 1.807) is 12.4 Å². The molecule has 3 aliphatic rings. The van der Waals surface area contributed by atoms with Crippen molar-refractivity contribution in [3.05, 3.63) is 66.0 Å². The molecule has 0 saturated heterocycles. The number of nitriles is 1. The van der Waals surface area contributed by atoms with Crippen LogP contribution in [0.2, 0.25) is 0 Å². The van der Waals surface area contributed by atoms with Crippen LogP contribution < -0.4 is 10.1 Å². The van der Waals surface area contributed by atoms with Crippen LogP contribution in [0.3, 0.4) is 0 Å². The highest BCUT2D eigenvalue weighted by Crippen LogP contribution is 2.56. The number of aliphatic imine (C=N–C) groups is 1. The number of anilines is 1. The Morgan fingerprint density at radius 2 is 1.75 bits per heavy atom. The third-order valence-corrected chi connectivity index (χ3v) is 7.68. The summed E-state index contributed by atoms with van der Waals surface area (Å²) in [7, 11) is 0. The van der Waals surface area contributed by atoms with E-state index in [1.165, 1.54) is 0 Å². The van der Waals surface area contributed by atoms with E-state index in [0.29, 0.717) is 18.4 Å². The van der Waals surface area contributed by atoms with Gasteiger partial charge in [0.2, 0.25) is 0 Å². The van der Waals surface area contributed by atoms with Crippen molar-refractivity contribution in [2.75, 3.05) is 11.9 Å². The minimum absolute atomic E-state index is 0.0924. The van der Waals surface area contributed by atoms with E-state index in [2.05, 4.69) is 21.4 Å². The highest BCUT2D eigenvalue weighted by molar-refractivity contribution is 6.10. The number of aromatic nitrogens is 2. The predicted molar refractivity (Wildman–Crippen MR) is 134 cm³/mol. The number of aliphatic carboxylic acids is 1. The van der Waals surface area contributed by atoms with Crippen molar-refractivity contribution in [3.8, 4) is 23.2 Å². The average molecular weight is 480 g/mol. The number of amidine groups is 1. The number of rotatable bonds is 6. The molecule has 2 aromatic carbocycles. The SMILES string of the molecule is N#Cc1ccc2c(c1)C1(CC1)C(Nc1ccc(-c3cnc(OCC4(C(=O)O)CCCC4)nc3)cc1)=N2. The summed E-state index contributed by atoms with van der Waals surface area (Å²) in [5.74, 6) is 0.129. The molecule has 0 bridgehead atoms. The zero-order chi connectivity index (χ0) is 24.8. The summed E-state index contributed by atoms with van der Waals surface area (Å²) in [5, 5.41) is 22.3. The van der Waals surface area contributed by atoms with Crippen LogP contribution in [-0.4, -0.2) is 33.5 Å². The van der Waals surface area contributed by atoms with Crippen molar-refractivity contribution in [1.82, 2.24) is 9.97 Å². The lowest BCUT2D eigenvalue weighted by molar-refractivity contribution is -0.150. The molecule has 8 heteroatoms. The predicted octanol–water partition coefficient (Wildman–Crippen LogP) is 5.23. The summed E-state index contributed by atoms with van der Waals surface area (Å²) in [5.41, 5.74) is 4.56. The minimum atomic E-state index is -0.826. The zero-order valence-electron chi connectivity index (χ0n) is 19.7. The van der Waals surface area contributed by atoms with E-state index >= 15 is 0 Å². The third-order valence-electron chi connectivity index (χ3n) is 7.68. The molecule has 2 N–H and O–H groups in total. The van der Waals surface area contributed by atoms with Crippen LogP contribution in [0.4, 0.5) is 11.4 Å². The molecule has 6 rings (SSSR count). The number of benzene rings is 2. The average Bonchev–Trinajstić information content (AvgIpc) is 3.46. The molecule has 0 radical (unpaired) electrons. The van der Waals surface area contributed by atoms with Gasteiger partial charge in [0.15, 0.2) is 0 Å². The second-order valence-electron chi connectivity index (χ2n) is 9.92. The molecule has 1 aromatic heterocycles. The molecule has 0 amide bonds. The highest BCUT2D eigenvalue weighted by Gasteiger charge is 2.53. The second-order valence-corrected chi connectivity index (χ2v) is 9.92. The Kier molecular flexibility index (Phi) is 5.22. The lowest BCUT2D eigenvalue weighted by Crippen LogP contribution is -2.34. The molecular formula is C28H25N5O3. The summed E-state index contributed by atoms with van der Waals surface area (Å²) < 4.78 is 5.66. The van der Waals surface area contributed by atoms with Gasteiger partial charge in [0.25, 0.3) is 0 Å².